The summed E-state index contributed by atoms with van der Waals surface area (Å²) in [6.07, 6.45) is -3.74. The van der Waals surface area contributed by atoms with Crippen LogP contribution in [-0.2, 0) is 6.18 Å². The number of carbonyl (C=O) groups excluding carboxylic acids is 1. The Labute approximate surface area is 136 Å². The molecule has 0 bridgehead atoms. The number of amides is 1. The molecule has 0 radical (unpaired) electrons. The largest absolute Gasteiger partial charge is 0.494 e. The Morgan fingerprint density at radius 2 is 1.96 bits per heavy atom. The maximum atomic E-state index is 12.4. The van der Waals surface area contributed by atoms with Crippen LogP contribution in [0, 0.1) is 5.92 Å². The fourth-order valence-electron chi connectivity index (χ4n) is 1.73. The predicted molar refractivity (Wildman–Crippen MR) is 80.7 cm³/mol. The van der Waals surface area contributed by atoms with Gasteiger partial charge in [0.2, 0.25) is 11.8 Å². The van der Waals surface area contributed by atoms with E-state index in [9.17, 15) is 18.0 Å². The summed E-state index contributed by atoms with van der Waals surface area (Å²) in [5.41, 5.74) is 0.254. The number of hydrogen-bond acceptors (Lipinski definition) is 4. The molecule has 0 aliphatic carbocycles. The van der Waals surface area contributed by atoms with Crippen molar-refractivity contribution >= 4 is 11.9 Å². The van der Waals surface area contributed by atoms with Crippen molar-refractivity contribution in [3.63, 3.8) is 0 Å². The van der Waals surface area contributed by atoms with E-state index in [-0.39, 0.29) is 5.56 Å². The summed E-state index contributed by atoms with van der Waals surface area (Å²) in [7, 11) is 0. The number of carbonyl (C=O) groups is 1. The number of hydrogen-bond donors (Lipinski definition) is 2. The number of benzene rings is 1. The van der Waals surface area contributed by atoms with E-state index in [0.717, 1.165) is 6.42 Å². The van der Waals surface area contributed by atoms with Crippen molar-refractivity contribution in [3.8, 4) is 5.75 Å². The molecule has 9 heteroatoms. The molecule has 2 N–H and O–H groups in total. The normalized spacial score (nSPS) is 11.6. The molecule has 0 aliphatic heterocycles. The average Bonchev–Trinajstić information content (AvgIpc) is 2.96. The number of nitrogens with one attached hydrogen (secondary N) is 2. The Balaban J connectivity index is 1.94. The molecule has 2 aromatic rings. The molecule has 0 fully saturated rings. The monoisotopic (exact) mass is 342 g/mol. The second-order valence-electron chi connectivity index (χ2n) is 5.51. The van der Waals surface area contributed by atoms with Gasteiger partial charge in [-0.25, -0.2) is 0 Å². The summed E-state index contributed by atoms with van der Waals surface area (Å²) in [4.78, 5) is 15.1. The van der Waals surface area contributed by atoms with Crippen LogP contribution in [0.1, 0.15) is 36.5 Å². The standard InChI is InChI=1S/C15H17F3N4O2/c1-9(2)7-8-24-11-5-3-10(4-6-11)12(23)19-14-20-13(21-22-14)15(16,17)18/h3-6,9H,7-8H2,1-2H3,(H2,19,20,21,22,23). The molecule has 2 rings (SSSR count). The quantitative estimate of drug-likeness (QED) is 0.842. The highest BCUT2D eigenvalue weighted by Crippen LogP contribution is 2.26. The van der Waals surface area contributed by atoms with Gasteiger partial charge >= 0.3 is 6.18 Å². The fraction of sp³-hybridized carbons (Fsp3) is 0.400. The molecule has 1 amide bonds. The van der Waals surface area contributed by atoms with Crippen molar-refractivity contribution in [2.75, 3.05) is 11.9 Å². The van der Waals surface area contributed by atoms with E-state index >= 15 is 0 Å². The topological polar surface area (TPSA) is 79.9 Å². The summed E-state index contributed by atoms with van der Waals surface area (Å²) in [5, 5.41) is 7.23. The molecule has 130 valence electrons. The molecule has 24 heavy (non-hydrogen) atoms. The lowest BCUT2D eigenvalue weighted by atomic mass is 10.1. The van der Waals surface area contributed by atoms with E-state index in [4.69, 9.17) is 4.74 Å². The number of halogens is 3. The smallest absolute Gasteiger partial charge is 0.451 e. The Kier molecular flexibility index (Phi) is 5.42. The molecular formula is C15H17F3N4O2. The van der Waals surface area contributed by atoms with Crippen LogP contribution in [-0.4, -0.2) is 27.7 Å². The first-order chi connectivity index (χ1) is 11.3. The highest BCUT2D eigenvalue weighted by atomic mass is 19.4. The van der Waals surface area contributed by atoms with Gasteiger partial charge in [-0.1, -0.05) is 13.8 Å². The van der Waals surface area contributed by atoms with Gasteiger partial charge in [0.1, 0.15) is 5.75 Å². The molecule has 1 aromatic carbocycles. The second kappa shape index (κ2) is 7.33. The summed E-state index contributed by atoms with van der Waals surface area (Å²) in [6.45, 7) is 4.74. The van der Waals surface area contributed by atoms with E-state index in [2.05, 4.69) is 29.2 Å². The van der Waals surface area contributed by atoms with Gasteiger partial charge in [0.15, 0.2) is 0 Å². The van der Waals surface area contributed by atoms with E-state index in [0.29, 0.717) is 18.3 Å². The van der Waals surface area contributed by atoms with Crippen molar-refractivity contribution in [2.24, 2.45) is 5.92 Å². The first kappa shape index (κ1) is 17.8. The second-order valence-corrected chi connectivity index (χ2v) is 5.51. The van der Waals surface area contributed by atoms with Gasteiger partial charge in [0.25, 0.3) is 5.91 Å². The lowest BCUT2D eigenvalue weighted by molar-refractivity contribution is -0.144. The number of rotatable bonds is 6. The van der Waals surface area contributed by atoms with E-state index in [1.165, 1.54) is 12.1 Å². The summed E-state index contributed by atoms with van der Waals surface area (Å²) in [6, 6.07) is 6.26. The van der Waals surface area contributed by atoms with E-state index in [1.807, 2.05) is 0 Å². The maximum absolute atomic E-state index is 12.4. The minimum atomic E-state index is -4.65. The minimum absolute atomic E-state index is 0.254. The third kappa shape index (κ3) is 4.97. The van der Waals surface area contributed by atoms with Crippen LogP contribution in [0.15, 0.2) is 24.3 Å². The molecule has 1 aromatic heterocycles. The SMILES string of the molecule is CC(C)CCOc1ccc(C(=O)Nc2n[nH]c(C(F)(F)F)n2)cc1. The number of aromatic amines is 1. The summed E-state index contributed by atoms with van der Waals surface area (Å²) < 4.78 is 42.7. The van der Waals surface area contributed by atoms with Crippen LogP contribution in [0.25, 0.3) is 0 Å². The van der Waals surface area contributed by atoms with Crippen LogP contribution in [0.4, 0.5) is 19.1 Å². The van der Waals surface area contributed by atoms with Crippen LogP contribution < -0.4 is 10.1 Å². The van der Waals surface area contributed by atoms with Gasteiger partial charge in [0.05, 0.1) is 6.61 Å². The Morgan fingerprint density at radius 3 is 2.50 bits per heavy atom. The maximum Gasteiger partial charge on any atom is 0.451 e. The van der Waals surface area contributed by atoms with Crippen molar-refractivity contribution < 1.29 is 22.7 Å². The van der Waals surface area contributed by atoms with Gasteiger partial charge in [-0.05, 0) is 36.6 Å². The van der Waals surface area contributed by atoms with Crippen molar-refractivity contribution in [3.05, 3.63) is 35.7 Å². The number of aromatic nitrogens is 3. The van der Waals surface area contributed by atoms with Crippen molar-refractivity contribution in [2.45, 2.75) is 26.4 Å². The van der Waals surface area contributed by atoms with Gasteiger partial charge in [-0.3, -0.25) is 15.2 Å². The number of alkyl halides is 3. The van der Waals surface area contributed by atoms with E-state index in [1.54, 1.807) is 17.2 Å². The Hall–Kier alpha value is -2.58. The zero-order chi connectivity index (χ0) is 17.7. The zero-order valence-corrected chi connectivity index (χ0v) is 13.1. The molecule has 0 aliphatic rings. The van der Waals surface area contributed by atoms with Gasteiger partial charge in [0, 0.05) is 5.56 Å². The average molecular weight is 342 g/mol. The third-order valence-electron chi connectivity index (χ3n) is 3.06. The Morgan fingerprint density at radius 1 is 1.29 bits per heavy atom. The van der Waals surface area contributed by atoms with Crippen LogP contribution in [0.2, 0.25) is 0 Å². The van der Waals surface area contributed by atoms with Crippen LogP contribution >= 0.6 is 0 Å². The highest BCUT2D eigenvalue weighted by Gasteiger charge is 2.35. The molecular weight excluding hydrogens is 325 g/mol. The van der Waals surface area contributed by atoms with Crippen LogP contribution in [0.5, 0.6) is 5.75 Å². The number of ether oxygens (including phenoxy) is 1. The van der Waals surface area contributed by atoms with Crippen molar-refractivity contribution in [1.82, 2.24) is 15.2 Å². The molecule has 6 nitrogen and oxygen atoms in total. The van der Waals surface area contributed by atoms with Crippen LogP contribution in [0.3, 0.4) is 0 Å². The van der Waals surface area contributed by atoms with E-state index < -0.39 is 23.9 Å². The van der Waals surface area contributed by atoms with Gasteiger partial charge < -0.3 is 4.74 Å². The number of nitrogens with zero attached hydrogens (tertiary/aromatic N) is 2. The lowest BCUT2D eigenvalue weighted by Gasteiger charge is -2.08. The molecule has 0 saturated heterocycles. The highest BCUT2D eigenvalue weighted by molar-refractivity contribution is 6.03. The van der Waals surface area contributed by atoms with Crippen molar-refractivity contribution in [1.29, 1.82) is 0 Å². The zero-order valence-electron chi connectivity index (χ0n) is 13.1. The molecule has 0 spiro atoms. The number of H-pyrrole nitrogens is 1. The number of anilines is 1. The lowest BCUT2D eigenvalue weighted by Crippen LogP contribution is -2.13. The predicted octanol–water partition coefficient (Wildman–Crippen LogP) is 3.50. The fourth-order valence-corrected chi connectivity index (χ4v) is 1.73. The molecule has 1 heterocycles. The first-order valence-electron chi connectivity index (χ1n) is 7.29. The minimum Gasteiger partial charge on any atom is -0.494 e. The van der Waals surface area contributed by atoms with Gasteiger partial charge in [-0.15, -0.1) is 5.10 Å². The first-order valence-corrected chi connectivity index (χ1v) is 7.29. The van der Waals surface area contributed by atoms with Gasteiger partial charge in [-0.2, -0.15) is 18.2 Å². The summed E-state index contributed by atoms with van der Waals surface area (Å²) in [5.74, 6) is -1.19. The summed E-state index contributed by atoms with van der Waals surface area (Å²) >= 11 is 0. The molecule has 0 unspecified atom stereocenters. The molecule has 0 atom stereocenters. The Bertz CT molecular complexity index is 681. The third-order valence-corrected chi connectivity index (χ3v) is 3.06. The molecule has 0 saturated carbocycles.